The van der Waals surface area contributed by atoms with E-state index in [0.717, 1.165) is 0 Å². The molecule has 0 saturated heterocycles. The molecule has 0 aliphatic heterocycles. The predicted octanol–water partition coefficient (Wildman–Crippen LogP) is 0.226. The molecule has 0 radical (unpaired) electrons. The number of nitrogens with one attached hydrogen (secondary N) is 2. The monoisotopic (exact) mass is 267 g/mol. The maximum absolute atomic E-state index is 12.0. The Labute approximate surface area is 110 Å². The van der Waals surface area contributed by atoms with Crippen molar-refractivity contribution in [2.24, 2.45) is 5.92 Å². The van der Waals surface area contributed by atoms with Crippen LogP contribution in [0.5, 0.6) is 0 Å². The van der Waals surface area contributed by atoms with E-state index in [1.54, 1.807) is 27.7 Å². The third kappa shape index (κ3) is 3.18. The molecule has 0 unspecified atom stereocenters. The number of amides is 1. The van der Waals surface area contributed by atoms with E-state index in [9.17, 15) is 14.4 Å². The lowest BCUT2D eigenvalue weighted by Gasteiger charge is -2.18. The summed E-state index contributed by atoms with van der Waals surface area (Å²) in [4.78, 5) is 34.7. The smallest absolute Gasteiger partial charge is 0.326 e. The molecule has 104 valence electrons. The largest absolute Gasteiger partial charge is 0.480 e. The molecule has 1 aromatic heterocycles. The van der Waals surface area contributed by atoms with Crippen molar-refractivity contribution in [2.75, 3.05) is 0 Å². The summed E-state index contributed by atoms with van der Waals surface area (Å²) >= 11 is 0. The van der Waals surface area contributed by atoms with Gasteiger partial charge in [-0.2, -0.15) is 5.10 Å². The van der Waals surface area contributed by atoms with Crippen LogP contribution in [-0.2, 0) is 4.79 Å². The van der Waals surface area contributed by atoms with E-state index in [1.165, 1.54) is 0 Å². The summed E-state index contributed by atoms with van der Waals surface area (Å²) in [6, 6.07) is -1.04. The molecule has 0 aliphatic carbocycles. The SMILES string of the molecule is Cc1n[nH]c(=O)c(C(=O)N[C@H](C(=O)O)C(C)C)c1C. The number of aromatic nitrogens is 2. The molecule has 0 fully saturated rings. The molecule has 1 rings (SSSR count). The van der Waals surface area contributed by atoms with Crippen molar-refractivity contribution >= 4 is 11.9 Å². The number of carboxylic acid groups (broad SMARTS) is 1. The minimum Gasteiger partial charge on any atom is -0.480 e. The first-order valence-electron chi connectivity index (χ1n) is 5.85. The number of H-pyrrole nitrogens is 1. The van der Waals surface area contributed by atoms with Gasteiger partial charge in [0.25, 0.3) is 11.5 Å². The molecule has 7 heteroatoms. The Morgan fingerprint density at radius 3 is 2.37 bits per heavy atom. The number of aromatic amines is 1. The average molecular weight is 267 g/mol. The van der Waals surface area contributed by atoms with Crippen LogP contribution in [0.25, 0.3) is 0 Å². The van der Waals surface area contributed by atoms with Gasteiger partial charge in [-0.15, -0.1) is 0 Å². The Morgan fingerprint density at radius 2 is 1.89 bits per heavy atom. The molecule has 1 aromatic rings. The molecule has 1 amide bonds. The highest BCUT2D eigenvalue weighted by Gasteiger charge is 2.26. The van der Waals surface area contributed by atoms with Crippen molar-refractivity contribution in [1.82, 2.24) is 15.5 Å². The summed E-state index contributed by atoms with van der Waals surface area (Å²) < 4.78 is 0. The van der Waals surface area contributed by atoms with E-state index in [0.29, 0.717) is 11.3 Å². The van der Waals surface area contributed by atoms with Crippen molar-refractivity contribution in [3.63, 3.8) is 0 Å². The lowest BCUT2D eigenvalue weighted by Crippen LogP contribution is -2.46. The zero-order valence-electron chi connectivity index (χ0n) is 11.3. The third-order valence-electron chi connectivity index (χ3n) is 2.92. The van der Waals surface area contributed by atoms with Gasteiger partial charge in [0.05, 0.1) is 5.69 Å². The van der Waals surface area contributed by atoms with Gasteiger partial charge in [-0.25, -0.2) is 9.89 Å². The number of aryl methyl sites for hydroxylation is 1. The van der Waals surface area contributed by atoms with Crippen LogP contribution < -0.4 is 10.9 Å². The Bertz CT molecular complexity index is 563. The number of hydrogen-bond acceptors (Lipinski definition) is 4. The molecule has 1 heterocycles. The van der Waals surface area contributed by atoms with Crippen LogP contribution in [0.2, 0.25) is 0 Å². The number of hydrogen-bond donors (Lipinski definition) is 3. The molecule has 0 saturated carbocycles. The van der Waals surface area contributed by atoms with E-state index in [2.05, 4.69) is 15.5 Å². The third-order valence-corrected chi connectivity index (χ3v) is 2.92. The highest BCUT2D eigenvalue weighted by molar-refractivity contribution is 5.97. The summed E-state index contributed by atoms with van der Waals surface area (Å²) in [6.45, 7) is 6.60. The number of aliphatic carboxylic acids is 1. The predicted molar refractivity (Wildman–Crippen MR) is 68.1 cm³/mol. The molecule has 0 spiro atoms. The normalized spacial score (nSPS) is 12.3. The quantitative estimate of drug-likeness (QED) is 0.722. The van der Waals surface area contributed by atoms with Crippen LogP contribution >= 0.6 is 0 Å². The summed E-state index contributed by atoms with van der Waals surface area (Å²) in [5.41, 5.74) is 0.225. The standard InChI is InChI=1S/C12H17N3O4/c1-5(2)9(12(18)19)13-10(16)8-6(3)7(4)14-15-11(8)17/h5,9H,1-4H3,(H,13,16)(H,15,17)(H,18,19)/t9-/m0/s1. The van der Waals surface area contributed by atoms with Gasteiger partial charge in [-0.1, -0.05) is 13.8 Å². The van der Waals surface area contributed by atoms with E-state index in [-0.39, 0.29) is 11.5 Å². The molecular weight excluding hydrogens is 250 g/mol. The molecular formula is C12H17N3O4. The van der Waals surface area contributed by atoms with E-state index < -0.39 is 23.5 Å². The first-order valence-corrected chi connectivity index (χ1v) is 5.85. The Kier molecular flexibility index (Phi) is 4.42. The first-order chi connectivity index (χ1) is 8.75. The first kappa shape index (κ1) is 14.9. The molecule has 1 atom stereocenters. The molecule has 0 aromatic carbocycles. The average Bonchev–Trinajstić information content (AvgIpc) is 2.30. The second-order valence-electron chi connectivity index (χ2n) is 4.67. The maximum Gasteiger partial charge on any atom is 0.326 e. The lowest BCUT2D eigenvalue weighted by atomic mass is 10.0. The number of rotatable bonds is 4. The van der Waals surface area contributed by atoms with Gasteiger partial charge in [0.2, 0.25) is 0 Å². The second kappa shape index (κ2) is 5.64. The fraction of sp³-hybridized carbons (Fsp3) is 0.500. The minimum atomic E-state index is -1.14. The Morgan fingerprint density at radius 1 is 1.32 bits per heavy atom. The summed E-state index contributed by atoms with van der Waals surface area (Å²) in [5, 5.41) is 17.3. The highest BCUT2D eigenvalue weighted by atomic mass is 16.4. The number of carboxylic acids is 1. The summed E-state index contributed by atoms with van der Waals surface area (Å²) in [7, 11) is 0. The molecule has 19 heavy (non-hydrogen) atoms. The topological polar surface area (TPSA) is 112 Å². The number of carbonyl (C=O) groups is 2. The maximum atomic E-state index is 12.0. The van der Waals surface area contributed by atoms with Gasteiger partial charge in [-0.3, -0.25) is 9.59 Å². The van der Waals surface area contributed by atoms with Crippen molar-refractivity contribution < 1.29 is 14.7 Å². The minimum absolute atomic E-state index is 0.0978. The van der Waals surface area contributed by atoms with E-state index in [4.69, 9.17) is 5.11 Å². The molecule has 0 aliphatic rings. The van der Waals surface area contributed by atoms with Crippen LogP contribution in [0.15, 0.2) is 4.79 Å². The molecule has 3 N–H and O–H groups in total. The van der Waals surface area contributed by atoms with Crippen LogP contribution in [0, 0.1) is 19.8 Å². The van der Waals surface area contributed by atoms with Gasteiger partial charge in [0, 0.05) is 0 Å². The Balaban J connectivity index is 3.12. The fourth-order valence-corrected chi connectivity index (χ4v) is 1.63. The highest BCUT2D eigenvalue weighted by Crippen LogP contribution is 2.07. The van der Waals surface area contributed by atoms with Crippen LogP contribution in [0.4, 0.5) is 0 Å². The zero-order chi connectivity index (χ0) is 14.7. The second-order valence-corrected chi connectivity index (χ2v) is 4.67. The van der Waals surface area contributed by atoms with Crippen molar-refractivity contribution in [3.8, 4) is 0 Å². The van der Waals surface area contributed by atoms with E-state index in [1.807, 2.05) is 0 Å². The van der Waals surface area contributed by atoms with Crippen molar-refractivity contribution in [1.29, 1.82) is 0 Å². The van der Waals surface area contributed by atoms with Gasteiger partial charge in [0.1, 0.15) is 11.6 Å². The van der Waals surface area contributed by atoms with E-state index >= 15 is 0 Å². The molecule has 0 bridgehead atoms. The van der Waals surface area contributed by atoms with Gasteiger partial charge < -0.3 is 10.4 Å². The number of carbonyl (C=O) groups excluding carboxylic acids is 1. The zero-order valence-corrected chi connectivity index (χ0v) is 11.3. The van der Waals surface area contributed by atoms with Gasteiger partial charge in [-0.05, 0) is 25.3 Å². The molecule has 7 nitrogen and oxygen atoms in total. The van der Waals surface area contributed by atoms with Gasteiger partial charge >= 0.3 is 5.97 Å². The summed E-state index contributed by atoms with van der Waals surface area (Å²) in [6.07, 6.45) is 0. The van der Waals surface area contributed by atoms with Crippen LogP contribution in [-0.4, -0.2) is 33.2 Å². The van der Waals surface area contributed by atoms with Crippen molar-refractivity contribution in [3.05, 3.63) is 27.2 Å². The fourth-order valence-electron chi connectivity index (χ4n) is 1.63. The van der Waals surface area contributed by atoms with Gasteiger partial charge in [0.15, 0.2) is 0 Å². The Hall–Kier alpha value is -2.18. The number of nitrogens with zero attached hydrogens (tertiary/aromatic N) is 1. The lowest BCUT2D eigenvalue weighted by molar-refractivity contribution is -0.140. The van der Waals surface area contributed by atoms with Crippen LogP contribution in [0.1, 0.15) is 35.5 Å². The van der Waals surface area contributed by atoms with Crippen LogP contribution in [0.3, 0.4) is 0 Å². The van der Waals surface area contributed by atoms with Crippen molar-refractivity contribution in [2.45, 2.75) is 33.7 Å². The summed E-state index contributed by atoms with van der Waals surface area (Å²) in [5.74, 6) is -2.13.